The van der Waals surface area contributed by atoms with Gasteiger partial charge in [0.25, 0.3) is 0 Å². The first-order valence-corrected chi connectivity index (χ1v) is 10.2. The Morgan fingerprint density at radius 2 is 1.68 bits per heavy atom. The molecule has 0 aromatic carbocycles. The summed E-state index contributed by atoms with van der Waals surface area (Å²) >= 11 is 0. The van der Waals surface area contributed by atoms with Gasteiger partial charge in [0, 0.05) is 32.5 Å². The molecule has 0 bridgehead atoms. The Bertz CT molecular complexity index is 225. The van der Waals surface area contributed by atoms with Crippen LogP contribution in [0, 0.1) is 6.92 Å². The minimum absolute atomic E-state index is 0.404. The minimum Gasteiger partial charge on any atom is -0.379 e. The summed E-state index contributed by atoms with van der Waals surface area (Å²) in [6.45, 7) is 14.5. The van der Waals surface area contributed by atoms with Crippen molar-refractivity contribution in [3.05, 3.63) is 6.92 Å². The van der Waals surface area contributed by atoms with Crippen molar-refractivity contribution in [2.75, 3.05) is 46.2 Å². The molecule has 1 unspecified atom stereocenters. The van der Waals surface area contributed by atoms with Gasteiger partial charge >= 0.3 is 8.80 Å². The van der Waals surface area contributed by atoms with Gasteiger partial charge in [-0.3, -0.25) is 0 Å². The third kappa shape index (κ3) is 11.5. The molecule has 0 aromatic heterocycles. The Labute approximate surface area is 137 Å². The highest BCUT2D eigenvalue weighted by Gasteiger charge is 2.39. The van der Waals surface area contributed by atoms with Gasteiger partial charge in [0.05, 0.1) is 13.2 Å². The fraction of sp³-hybridized carbons (Fsp3) is 0.933. The first-order chi connectivity index (χ1) is 10.7. The van der Waals surface area contributed by atoms with E-state index in [1.807, 2.05) is 20.8 Å². The zero-order chi connectivity index (χ0) is 16.7. The Morgan fingerprint density at radius 3 is 2.05 bits per heavy atom. The molecule has 0 aliphatic carbocycles. The van der Waals surface area contributed by atoms with E-state index in [1.165, 1.54) is 0 Å². The highest BCUT2D eigenvalue weighted by Crippen LogP contribution is 2.17. The molecule has 1 aliphatic rings. The van der Waals surface area contributed by atoms with Crippen LogP contribution in [-0.4, -0.2) is 61.1 Å². The highest BCUT2D eigenvalue weighted by molar-refractivity contribution is 6.60. The van der Waals surface area contributed by atoms with Crippen molar-refractivity contribution >= 4 is 8.80 Å². The molecule has 0 aromatic rings. The van der Waals surface area contributed by atoms with Crippen molar-refractivity contribution in [3.63, 3.8) is 0 Å². The van der Waals surface area contributed by atoms with Crippen LogP contribution in [0.4, 0.5) is 0 Å². The van der Waals surface area contributed by atoms with Crippen LogP contribution in [0.3, 0.4) is 0 Å². The first-order valence-electron chi connectivity index (χ1n) is 8.28. The van der Waals surface area contributed by atoms with E-state index in [4.69, 9.17) is 28.5 Å². The summed E-state index contributed by atoms with van der Waals surface area (Å²) < 4.78 is 27.0. The number of hydrogen-bond acceptors (Lipinski definition) is 6. The molecule has 1 rings (SSSR count). The Balaban J connectivity index is 0.000000461. The molecule has 22 heavy (non-hydrogen) atoms. The monoisotopic (exact) mass is 336 g/mol. The molecule has 1 fully saturated rings. The van der Waals surface area contributed by atoms with Crippen molar-refractivity contribution in [2.24, 2.45) is 5.73 Å². The van der Waals surface area contributed by atoms with E-state index in [2.05, 4.69) is 6.92 Å². The maximum absolute atomic E-state index is 5.65. The topological polar surface area (TPSA) is 75.5 Å². The van der Waals surface area contributed by atoms with Gasteiger partial charge in [-0.05, 0) is 40.2 Å². The van der Waals surface area contributed by atoms with E-state index >= 15 is 0 Å². The van der Waals surface area contributed by atoms with Crippen LogP contribution < -0.4 is 5.73 Å². The number of ether oxygens (including phenoxy) is 2. The Hall–Kier alpha value is -0.0231. The lowest BCUT2D eigenvalue weighted by Gasteiger charge is -2.28. The lowest BCUT2D eigenvalue weighted by molar-refractivity contribution is 0.0710. The second kappa shape index (κ2) is 14.6. The highest BCUT2D eigenvalue weighted by atomic mass is 28.4. The molecule has 6 nitrogen and oxygen atoms in total. The standard InChI is InChI=1S/C9H23NO3Si.C6H11O2/c1-4-11-14(12-5-2,13-6-3)9-7-8-10;1-2-3-7-4-6-5-8-6/h4-10H2,1-3H3;6H,1-5H2. The van der Waals surface area contributed by atoms with Crippen LogP contribution in [0.2, 0.25) is 6.04 Å². The van der Waals surface area contributed by atoms with Gasteiger partial charge in [-0.25, -0.2) is 0 Å². The van der Waals surface area contributed by atoms with E-state index in [1.54, 1.807) is 0 Å². The van der Waals surface area contributed by atoms with Gasteiger partial charge in [0.15, 0.2) is 0 Å². The molecule has 0 spiro atoms. The van der Waals surface area contributed by atoms with E-state index in [9.17, 15) is 0 Å². The third-order valence-corrected chi connectivity index (χ3v) is 5.93. The average Bonchev–Trinajstić information content (AvgIpc) is 3.31. The van der Waals surface area contributed by atoms with Crippen molar-refractivity contribution in [2.45, 2.75) is 45.8 Å². The molecule has 1 saturated heterocycles. The number of nitrogens with two attached hydrogens (primary N) is 1. The number of hydrogen-bond donors (Lipinski definition) is 1. The van der Waals surface area contributed by atoms with Gasteiger partial charge < -0.3 is 28.5 Å². The fourth-order valence-electron chi connectivity index (χ4n) is 1.80. The van der Waals surface area contributed by atoms with Gasteiger partial charge in [0.2, 0.25) is 0 Å². The summed E-state index contributed by atoms with van der Waals surface area (Å²) in [6.07, 6.45) is 2.15. The quantitative estimate of drug-likeness (QED) is 0.315. The lowest BCUT2D eigenvalue weighted by Crippen LogP contribution is -2.46. The average molecular weight is 337 g/mol. The van der Waals surface area contributed by atoms with Crippen LogP contribution in [0.15, 0.2) is 0 Å². The maximum atomic E-state index is 5.65. The lowest BCUT2D eigenvalue weighted by atomic mass is 10.5. The van der Waals surface area contributed by atoms with E-state index in [-0.39, 0.29) is 0 Å². The van der Waals surface area contributed by atoms with Gasteiger partial charge in [-0.1, -0.05) is 6.92 Å². The largest absolute Gasteiger partial charge is 0.500 e. The molecule has 0 amide bonds. The molecular formula is C15H34NO5Si. The second-order valence-electron chi connectivity index (χ2n) is 4.76. The van der Waals surface area contributed by atoms with Crippen molar-refractivity contribution in [3.8, 4) is 0 Å². The minimum atomic E-state index is -2.40. The van der Waals surface area contributed by atoms with Crippen molar-refractivity contribution in [1.29, 1.82) is 0 Å². The predicted octanol–water partition coefficient (Wildman–Crippen LogP) is 2.01. The van der Waals surface area contributed by atoms with Crippen molar-refractivity contribution < 1.29 is 22.8 Å². The summed E-state index contributed by atoms with van der Waals surface area (Å²) in [5.74, 6) is 0. The smallest absolute Gasteiger partial charge is 0.379 e. The van der Waals surface area contributed by atoms with Crippen molar-refractivity contribution in [1.82, 2.24) is 0 Å². The summed E-state index contributed by atoms with van der Waals surface area (Å²) in [6, 6.07) is 0.818. The fourth-order valence-corrected chi connectivity index (χ4v) is 4.44. The molecule has 1 heterocycles. The van der Waals surface area contributed by atoms with Crippen LogP contribution in [0.1, 0.15) is 33.6 Å². The zero-order valence-electron chi connectivity index (χ0n) is 14.5. The first kappa shape index (κ1) is 22.0. The molecule has 1 atom stereocenters. The Morgan fingerprint density at radius 1 is 1.14 bits per heavy atom. The maximum Gasteiger partial charge on any atom is 0.500 e. The van der Waals surface area contributed by atoms with Crippen LogP contribution in [0.5, 0.6) is 0 Å². The Kier molecular flexibility index (Phi) is 14.5. The van der Waals surface area contributed by atoms with Crippen LogP contribution >= 0.6 is 0 Å². The van der Waals surface area contributed by atoms with E-state index < -0.39 is 8.80 Å². The third-order valence-electron chi connectivity index (χ3n) is 2.77. The summed E-state index contributed by atoms with van der Waals surface area (Å²) in [5, 5.41) is 0. The van der Waals surface area contributed by atoms with Gasteiger partial charge in [-0.2, -0.15) is 0 Å². The number of rotatable bonds is 13. The second-order valence-corrected chi connectivity index (χ2v) is 7.49. The number of epoxide rings is 1. The summed E-state index contributed by atoms with van der Waals surface area (Å²) in [4.78, 5) is 0. The molecule has 0 saturated carbocycles. The van der Waals surface area contributed by atoms with E-state index in [0.717, 1.165) is 38.7 Å². The molecule has 1 aliphatic heterocycles. The molecular weight excluding hydrogens is 302 g/mol. The van der Waals surface area contributed by atoms with Crippen LogP contribution in [0.25, 0.3) is 0 Å². The molecule has 1 radical (unpaired) electrons. The molecule has 7 heteroatoms. The van der Waals surface area contributed by atoms with Crippen LogP contribution in [-0.2, 0) is 22.8 Å². The molecule has 133 valence electrons. The summed E-state index contributed by atoms with van der Waals surface area (Å²) in [7, 11) is -2.40. The zero-order valence-corrected chi connectivity index (χ0v) is 15.5. The van der Waals surface area contributed by atoms with E-state index in [0.29, 0.717) is 32.5 Å². The van der Waals surface area contributed by atoms with Gasteiger partial charge in [-0.15, -0.1) is 0 Å². The SMILES string of the molecule is CCO[Si](CCCN)(OCC)OCC.[CH2]CCOCC1CO1. The summed E-state index contributed by atoms with van der Waals surface area (Å²) in [5.41, 5.74) is 5.48. The van der Waals surface area contributed by atoms with Gasteiger partial charge in [0.1, 0.15) is 6.10 Å². The predicted molar refractivity (Wildman–Crippen MR) is 89.6 cm³/mol. The molecule has 2 N–H and O–H groups in total. The normalized spacial score (nSPS) is 17.0.